The molecular weight excluding hydrogens is 412 g/mol. The van der Waals surface area contributed by atoms with E-state index in [0.29, 0.717) is 33.0 Å². The Kier molecular flexibility index (Phi) is 13.6. The number of carbonyl (C=O) groups is 2. The van der Waals surface area contributed by atoms with Crippen molar-refractivity contribution in [3.05, 3.63) is 35.9 Å². The van der Waals surface area contributed by atoms with E-state index in [1.165, 1.54) is 0 Å². The van der Waals surface area contributed by atoms with Crippen molar-refractivity contribution >= 4 is 29.1 Å². The van der Waals surface area contributed by atoms with Crippen molar-refractivity contribution in [3.8, 4) is 0 Å². The Morgan fingerprint density at radius 2 is 1.60 bits per heavy atom. The number of benzene rings is 1. The maximum atomic E-state index is 11.8. The second-order valence-electron chi connectivity index (χ2n) is 6.38. The topological polar surface area (TPSA) is 129 Å². The summed E-state index contributed by atoms with van der Waals surface area (Å²) >= 11 is 4.94. The molecule has 4 N–H and O–H groups in total. The first kappa shape index (κ1) is 25.9. The molecule has 0 radical (unpaired) electrons. The van der Waals surface area contributed by atoms with E-state index >= 15 is 0 Å². The quantitative estimate of drug-likeness (QED) is 0.193. The monoisotopic (exact) mass is 442 g/mol. The molecule has 2 atom stereocenters. The van der Waals surface area contributed by atoms with Crippen LogP contribution in [-0.2, 0) is 35.1 Å². The van der Waals surface area contributed by atoms with Crippen molar-refractivity contribution in [1.29, 1.82) is 0 Å². The summed E-state index contributed by atoms with van der Waals surface area (Å²) < 4.78 is 21.1. The van der Waals surface area contributed by atoms with Crippen molar-refractivity contribution in [2.75, 3.05) is 39.6 Å². The van der Waals surface area contributed by atoms with Crippen LogP contribution in [0.4, 0.5) is 0 Å². The molecule has 30 heavy (non-hydrogen) atoms. The molecule has 0 amide bonds. The molecule has 0 fully saturated rings. The summed E-state index contributed by atoms with van der Waals surface area (Å²) in [6.07, 6.45) is -0.367. The minimum Gasteiger partial charge on any atom is -0.480 e. The van der Waals surface area contributed by atoms with E-state index in [1.807, 2.05) is 30.3 Å². The first-order valence-electron chi connectivity index (χ1n) is 9.61. The van der Waals surface area contributed by atoms with E-state index < -0.39 is 24.0 Å². The number of esters is 1. The molecule has 0 heterocycles. The van der Waals surface area contributed by atoms with Crippen LogP contribution in [0.3, 0.4) is 0 Å². The SMILES string of the molecule is C[C@H](N)C(=S)N[C@@H](CC(=O)OCCOCCOCCOCc1ccccc1)C(=O)O. The average Bonchev–Trinajstić information content (AvgIpc) is 2.72. The first-order valence-corrected chi connectivity index (χ1v) is 10.0. The average molecular weight is 443 g/mol. The lowest BCUT2D eigenvalue weighted by molar-refractivity contribution is -0.150. The van der Waals surface area contributed by atoms with Crippen LogP contribution in [0.2, 0.25) is 0 Å². The van der Waals surface area contributed by atoms with Gasteiger partial charge in [-0.15, -0.1) is 0 Å². The van der Waals surface area contributed by atoms with Crippen molar-refractivity contribution in [2.45, 2.75) is 32.0 Å². The molecule has 0 saturated carbocycles. The van der Waals surface area contributed by atoms with Crippen molar-refractivity contribution in [2.24, 2.45) is 5.73 Å². The number of nitrogens with two attached hydrogens (primary N) is 1. The van der Waals surface area contributed by atoms with E-state index in [2.05, 4.69) is 5.32 Å². The predicted octanol–water partition coefficient (Wildman–Crippen LogP) is 0.887. The molecule has 0 saturated heterocycles. The summed E-state index contributed by atoms with van der Waals surface area (Å²) in [4.78, 5) is 23.1. The molecule has 0 unspecified atom stereocenters. The highest BCUT2D eigenvalue weighted by molar-refractivity contribution is 7.80. The van der Waals surface area contributed by atoms with Gasteiger partial charge >= 0.3 is 11.9 Å². The number of thiocarbonyl (C=S) groups is 1. The highest BCUT2D eigenvalue weighted by atomic mass is 32.1. The fourth-order valence-corrected chi connectivity index (χ4v) is 2.29. The van der Waals surface area contributed by atoms with Crippen LogP contribution in [0, 0.1) is 0 Å². The van der Waals surface area contributed by atoms with Crippen LogP contribution in [-0.4, -0.2) is 73.8 Å². The minimum atomic E-state index is -1.21. The first-order chi connectivity index (χ1) is 14.4. The van der Waals surface area contributed by atoms with Crippen LogP contribution >= 0.6 is 12.2 Å². The smallest absolute Gasteiger partial charge is 0.326 e. The lowest BCUT2D eigenvalue weighted by Gasteiger charge is -2.17. The summed E-state index contributed by atoms with van der Waals surface area (Å²) in [5.41, 5.74) is 6.67. The van der Waals surface area contributed by atoms with Gasteiger partial charge in [-0.25, -0.2) is 4.79 Å². The van der Waals surface area contributed by atoms with Gasteiger partial charge in [-0.05, 0) is 12.5 Å². The van der Waals surface area contributed by atoms with E-state index in [4.69, 9.17) is 42.0 Å². The standard InChI is InChI=1S/C20H30N2O7S/c1-15(21)19(30)22-17(20(24)25)13-18(23)29-12-11-27-8-7-26-9-10-28-14-16-5-3-2-4-6-16/h2-6,15,17H,7-14,21H2,1H3,(H,22,30)(H,24,25)/t15-,17-/m0/s1. The summed E-state index contributed by atoms with van der Waals surface area (Å²) in [5.74, 6) is -1.88. The van der Waals surface area contributed by atoms with Crippen LogP contribution in [0.5, 0.6) is 0 Å². The Labute approximate surface area is 181 Å². The summed E-state index contributed by atoms with van der Waals surface area (Å²) in [6.45, 7) is 4.04. The van der Waals surface area contributed by atoms with E-state index in [0.717, 1.165) is 5.56 Å². The zero-order valence-corrected chi connectivity index (χ0v) is 17.9. The Hall–Kier alpha value is -2.11. The largest absolute Gasteiger partial charge is 0.480 e. The number of carbonyl (C=O) groups excluding carboxylic acids is 1. The molecule has 0 aromatic heterocycles. The third kappa shape index (κ3) is 12.5. The molecule has 10 heteroatoms. The molecule has 0 aliphatic rings. The molecule has 0 aliphatic carbocycles. The third-order valence-corrected chi connectivity index (χ3v) is 4.23. The number of aliphatic carboxylic acids is 1. The highest BCUT2D eigenvalue weighted by Crippen LogP contribution is 2.00. The second kappa shape index (κ2) is 15.7. The van der Waals surface area contributed by atoms with Crippen LogP contribution in [0.25, 0.3) is 0 Å². The van der Waals surface area contributed by atoms with Gasteiger partial charge in [-0.3, -0.25) is 4.79 Å². The van der Waals surface area contributed by atoms with E-state index in [1.54, 1.807) is 6.92 Å². The van der Waals surface area contributed by atoms with Gasteiger partial charge in [0.2, 0.25) is 0 Å². The number of hydrogen-bond acceptors (Lipinski definition) is 8. The van der Waals surface area contributed by atoms with Crippen LogP contribution in [0.15, 0.2) is 30.3 Å². The number of carboxylic acids is 1. The number of nitrogens with one attached hydrogen (secondary N) is 1. The van der Waals surface area contributed by atoms with Gasteiger partial charge in [0, 0.05) is 0 Å². The molecule has 168 valence electrons. The van der Waals surface area contributed by atoms with E-state index in [9.17, 15) is 9.59 Å². The molecule has 0 aliphatic heterocycles. The zero-order valence-electron chi connectivity index (χ0n) is 17.1. The normalized spacial score (nSPS) is 12.7. The molecule has 1 aromatic carbocycles. The fraction of sp³-hybridized carbons (Fsp3) is 0.550. The van der Waals surface area contributed by atoms with Crippen molar-refractivity contribution < 1.29 is 33.6 Å². The van der Waals surface area contributed by atoms with E-state index in [-0.39, 0.29) is 24.6 Å². The lowest BCUT2D eigenvalue weighted by Crippen LogP contribution is -2.47. The summed E-state index contributed by atoms with van der Waals surface area (Å²) in [6, 6.07) is 8.17. The highest BCUT2D eigenvalue weighted by Gasteiger charge is 2.23. The predicted molar refractivity (Wildman–Crippen MR) is 114 cm³/mol. The van der Waals surface area contributed by atoms with Gasteiger partial charge in [0.25, 0.3) is 0 Å². The van der Waals surface area contributed by atoms with Gasteiger partial charge in [-0.2, -0.15) is 0 Å². The molecular formula is C20H30N2O7S. The van der Waals surface area contributed by atoms with Crippen molar-refractivity contribution in [1.82, 2.24) is 5.32 Å². The van der Waals surface area contributed by atoms with Gasteiger partial charge in [0.05, 0.1) is 57.1 Å². The van der Waals surface area contributed by atoms with Crippen LogP contribution in [0.1, 0.15) is 18.9 Å². The Morgan fingerprint density at radius 1 is 1.03 bits per heavy atom. The number of carboxylic acid groups (broad SMARTS) is 1. The molecule has 1 rings (SSSR count). The fourth-order valence-electron chi connectivity index (χ4n) is 2.15. The van der Waals surface area contributed by atoms with Crippen molar-refractivity contribution in [3.63, 3.8) is 0 Å². The number of rotatable bonds is 16. The Balaban J connectivity index is 1.99. The van der Waals surface area contributed by atoms with Gasteiger partial charge in [-0.1, -0.05) is 42.5 Å². The summed E-state index contributed by atoms with van der Waals surface area (Å²) in [7, 11) is 0. The molecule has 9 nitrogen and oxygen atoms in total. The van der Waals surface area contributed by atoms with Crippen LogP contribution < -0.4 is 11.1 Å². The zero-order chi connectivity index (χ0) is 22.2. The Morgan fingerprint density at radius 3 is 2.17 bits per heavy atom. The maximum Gasteiger partial charge on any atom is 0.326 e. The van der Waals surface area contributed by atoms with Gasteiger partial charge in [0.15, 0.2) is 0 Å². The Bertz CT molecular complexity index is 643. The molecule has 0 bridgehead atoms. The summed E-state index contributed by atoms with van der Waals surface area (Å²) in [5, 5.41) is 11.7. The molecule has 0 spiro atoms. The maximum absolute atomic E-state index is 11.8. The number of ether oxygens (including phenoxy) is 4. The second-order valence-corrected chi connectivity index (χ2v) is 6.82. The minimum absolute atomic E-state index is 0.0170. The van der Waals surface area contributed by atoms with Gasteiger partial charge < -0.3 is 35.1 Å². The third-order valence-electron chi connectivity index (χ3n) is 3.75. The lowest BCUT2D eigenvalue weighted by atomic mass is 10.2. The molecule has 1 aromatic rings. The number of hydrogen-bond donors (Lipinski definition) is 3. The van der Waals surface area contributed by atoms with Gasteiger partial charge in [0.1, 0.15) is 12.6 Å².